The maximum Gasteiger partial charge on any atom is 0.490 e. The van der Waals surface area contributed by atoms with Crippen molar-refractivity contribution in [2.75, 3.05) is 7.11 Å². The van der Waals surface area contributed by atoms with E-state index in [0.29, 0.717) is 6.04 Å². The number of carboxylic acids is 1. The molecule has 2 aromatic heterocycles. The number of nitrogens with one attached hydrogen (secondary N) is 2. The van der Waals surface area contributed by atoms with Gasteiger partial charge in [-0.1, -0.05) is 0 Å². The molecule has 1 aromatic carbocycles. The Hall–Kier alpha value is -3.34. The average Bonchev–Trinajstić information content (AvgIpc) is 3.42. The Bertz CT molecular complexity index is 998. The molecule has 166 valence electrons. The lowest BCUT2D eigenvalue weighted by atomic mass is 9.93. The number of aromatic amines is 1. The summed E-state index contributed by atoms with van der Waals surface area (Å²) in [5.41, 5.74) is 4.77. The van der Waals surface area contributed by atoms with Crippen molar-refractivity contribution in [2.45, 2.75) is 38.0 Å². The standard InChI is InChI=1S/C18H21N5O.C2HF3O2/c1-24-15-7-5-14(6-8-15)23-12-13(10-21-23)9-19-17-3-2-4-18-16(17)11-20-22-18;3-2(4,5)1(6)7/h5-8,10-12,17,19H,2-4,9H2,1H3,(H,20,22);(H,6,7). The molecule has 0 saturated heterocycles. The number of fused-ring (bicyclic) bond motifs is 1. The number of rotatable bonds is 5. The van der Waals surface area contributed by atoms with E-state index in [0.717, 1.165) is 30.8 Å². The summed E-state index contributed by atoms with van der Waals surface area (Å²) >= 11 is 0. The summed E-state index contributed by atoms with van der Waals surface area (Å²) in [6.07, 6.45) is 4.29. The fourth-order valence-corrected chi connectivity index (χ4v) is 3.24. The van der Waals surface area contributed by atoms with Crippen molar-refractivity contribution >= 4 is 5.97 Å². The van der Waals surface area contributed by atoms with E-state index in [9.17, 15) is 13.2 Å². The van der Waals surface area contributed by atoms with Crippen LogP contribution < -0.4 is 10.1 Å². The summed E-state index contributed by atoms with van der Waals surface area (Å²) in [4.78, 5) is 8.90. The van der Waals surface area contributed by atoms with Crippen LogP contribution in [0.2, 0.25) is 0 Å². The highest BCUT2D eigenvalue weighted by Crippen LogP contribution is 2.28. The minimum atomic E-state index is -5.08. The summed E-state index contributed by atoms with van der Waals surface area (Å²) in [6, 6.07) is 8.26. The summed E-state index contributed by atoms with van der Waals surface area (Å²) in [6.45, 7) is 0.797. The molecule has 0 amide bonds. The van der Waals surface area contributed by atoms with E-state index in [1.54, 1.807) is 7.11 Å². The lowest BCUT2D eigenvalue weighted by Gasteiger charge is -2.22. The quantitative estimate of drug-likeness (QED) is 0.565. The number of aryl methyl sites for hydroxylation is 1. The van der Waals surface area contributed by atoms with Crippen LogP contribution in [-0.4, -0.2) is 44.3 Å². The third kappa shape index (κ3) is 5.85. The minimum Gasteiger partial charge on any atom is -0.497 e. The molecule has 3 aromatic rings. The predicted octanol–water partition coefficient (Wildman–Crippen LogP) is 3.40. The van der Waals surface area contributed by atoms with Gasteiger partial charge >= 0.3 is 12.1 Å². The molecule has 0 radical (unpaired) electrons. The van der Waals surface area contributed by atoms with E-state index < -0.39 is 12.1 Å². The van der Waals surface area contributed by atoms with Crippen LogP contribution >= 0.6 is 0 Å². The molecule has 3 N–H and O–H groups in total. The van der Waals surface area contributed by atoms with Crippen molar-refractivity contribution in [3.05, 3.63) is 59.7 Å². The Morgan fingerprint density at radius 3 is 2.68 bits per heavy atom. The second-order valence-corrected chi connectivity index (χ2v) is 6.92. The third-order valence-corrected chi connectivity index (χ3v) is 4.81. The third-order valence-electron chi connectivity index (χ3n) is 4.81. The Balaban J connectivity index is 0.000000339. The molecule has 11 heteroatoms. The van der Waals surface area contributed by atoms with Gasteiger partial charge in [-0.2, -0.15) is 23.4 Å². The number of halogens is 3. The van der Waals surface area contributed by atoms with Crippen molar-refractivity contribution in [1.82, 2.24) is 25.3 Å². The van der Waals surface area contributed by atoms with Gasteiger partial charge < -0.3 is 15.2 Å². The first-order valence-electron chi connectivity index (χ1n) is 9.51. The first-order chi connectivity index (χ1) is 14.8. The van der Waals surface area contributed by atoms with E-state index in [-0.39, 0.29) is 0 Å². The van der Waals surface area contributed by atoms with E-state index in [4.69, 9.17) is 14.6 Å². The SMILES string of the molecule is COc1ccc(-n2cc(CNC3CCCc4[nH]ncc43)cn2)cc1.O=C(O)C(F)(F)F. The van der Waals surface area contributed by atoms with Crippen molar-refractivity contribution in [3.8, 4) is 11.4 Å². The highest BCUT2D eigenvalue weighted by molar-refractivity contribution is 5.73. The molecule has 2 heterocycles. The average molecular weight is 437 g/mol. The maximum absolute atomic E-state index is 10.6. The van der Waals surface area contributed by atoms with Crippen molar-refractivity contribution in [1.29, 1.82) is 0 Å². The number of nitrogens with zero attached hydrogens (tertiary/aromatic N) is 3. The van der Waals surface area contributed by atoms with Gasteiger partial charge in [0.1, 0.15) is 5.75 Å². The van der Waals surface area contributed by atoms with Gasteiger partial charge in [-0.05, 0) is 43.5 Å². The topological polar surface area (TPSA) is 105 Å². The molecule has 0 bridgehead atoms. The number of aliphatic carboxylic acids is 1. The zero-order valence-electron chi connectivity index (χ0n) is 16.7. The number of aromatic nitrogens is 4. The second-order valence-electron chi connectivity index (χ2n) is 6.92. The zero-order chi connectivity index (χ0) is 22.4. The number of ether oxygens (including phenoxy) is 1. The molecule has 0 fully saturated rings. The number of carboxylic acid groups (broad SMARTS) is 1. The largest absolute Gasteiger partial charge is 0.497 e. The monoisotopic (exact) mass is 437 g/mol. The number of alkyl halides is 3. The Kier molecular flexibility index (Phi) is 6.95. The Morgan fingerprint density at radius 1 is 1.32 bits per heavy atom. The normalized spacial score (nSPS) is 15.5. The van der Waals surface area contributed by atoms with Crippen LogP contribution in [0, 0.1) is 0 Å². The molecular weight excluding hydrogens is 415 g/mol. The molecule has 0 spiro atoms. The lowest BCUT2D eigenvalue weighted by molar-refractivity contribution is -0.192. The second kappa shape index (κ2) is 9.65. The number of hydrogen-bond acceptors (Lipinski definition) is 5. The molecule has 1 unspecified atom stereocenters. The molecule has 0 saturated carbocycles. The molecule has 1 aliphatic rings. The van der Waals surface area contributed by atoms with Gasteiger partial charge in [-0.3, -0.25) is 5.10 Å². The van der Waals surface area contributed by atoms with Crippen molar-refractivity contribution < 1.29 is 27.8 Å². The molecule has 8 nitrogen and oxygen atoms in total. The fourth-order valence-electron chi connectivity index (χ4n) is 3.24. The van der Waals surface area contributed by atoms with Gasteiger partial charge in [-0.25, -0.2) is 9.48 Å². The minimum absolute atomic E-state index is 0.372. The van der Waals surface area contributed by atoms with Crippen LogP contribution in [0.5, 0.6) is 5.75 Å². The van der Waals surface area contributed by atoms with E-state index >= 15 is 0 Å². The number of H-pyrrole nitrogens is 1. The van der Waals surface area contributed by atoms with Crippen molar-refractivity contribution in [2.24, 2.45) is 0 Å². The van der Waals surface area contributed by atoms with Crippen molar-refractivity contribution in [3.63, 3.8) is 0 Å². The molecule has 1 atom stereocenters. The van der Waals surface area contributed by atoms with Gasteiger partial charge in [0.05, 0.1) is 25.2 Å². The summed E-state index contributed by atoms with van der Waals surface area (Å²) in [5.74, 6) is -1.91. The first-order valence-corrected chi connectivity index (χ1v) is 9.51. The van der Waals surface area contributed by atoms with Gasteiger partial charge in [0.15, 0.2) is 0 Å². The number of carbonyl (C=O) groups is 1. The smallest absolute Gasteiger partial charge is 0.490 e. The number of hydrogen-bond donors (Lipinski definition) is 3. The molecular formula is C20H22F3N5O3. The predicted molar refractivity (Wildman–Crippen MR) is 105 cm³/mol. The molecule has 0 aliphatic heterocycles. The Labute approximate surface area is 176 Å². The molecule has 1 aliphatic carbocycles. The van der Waals surface area contributed by atoms with Crippen LogP contribution in [-0.2, 0) is 17.8 Å². The highest BCUT2D eigenvalue weighted by Gasteiger charge is 2.38. The Morgan fingerprint density at radius 2 is 2.03 bits per heavy atom. The zero-order valence-corrected chi connectivity index (χ0v) is 16.7. The van der Waals surface area contributed by atoms with Crippen LogP contribution in [0.15, 0.2) is 42.9 Å². The number of methoxy groups -OCH3 is 1. The van der Waals surface area contributed by atoms with E-state index in [1.807, 2.05) is 41.3 Å². The first kappa shape index (κ1) is 22.3. The maximum atomic E-state index is 10.6. The number of benzene rings is 1. The van der Waals surface area contributed by atoms with Gasteiger partial charge in [0, 0.05) is 35.6 Å². The highest BCUT2D eigenvalue weighted by atomic mass is 19.4. The molecule has 4 rings (SSSR count). The van der Waals surface area contributed by atoms with Gasteiger partial charge in [0.2, 0.25) is 0 Å². The van der Waals surface area contributed by atoms with Gasteiger partial charge in [0.25, 0.3) is 0 Å². The van der Waals surface area contributed by atoms with Crippen LogP contribution in [0.25, 0.3) is 5.69 Å². The van der Waals surface area contributed by atoms with Gasteiger partial charge in [-0.15, -0.1) is 0 Å². The summed E-state index contributed by atoms with van der Waals surface area (Å²) in [5, 5.41) is 22.5. The summed E-state index contributed by atoms with van der Waals surface area (Å²) < 4.78 is 38.8. The van der Waals surface area contributed by atoms with E-state index in [1.165, 1.54) is 23.2 Å². The lowest BCUT2D eigenvalue weighted by Crippen LogP contribution is -2.24. The fraction of sp³-hybridized carbons (Fsp3) is 0.350. The van der Waals surface area contributed by atoms with Crippen LogP contribution in [0.4, 0.5) is 13.2 Å². The van der Waals surface area contributed by atoms with E-state index in [2.05, 4.69) is 26.8 Å². The van der Waals surface area contributed by atoms with Crippen LogP contribution in [0.3, 0.4) is 0 Å². The summed E-state index contributed by atoms with van der Waals surface area (Å²) in [7, 11) is 1.67. The molecule has 31 heavy (non-hydrogen) atoms. The van der Waals surface area contributed by atoms with Crippen LogP contribution in [0.1, 0.15) is 35.7 Å².